The summed E-state index contributed by atoms with van der Waals surface area (Å²) in [6.45, 7) is 2.74. The van der Waals surface area contributed by atoms with Crippen molar-refractivity contribution < 1.29 is 14.2 Å². The molecule has 0 aliphatic rings. The normalized spacial score (nSPS) is 10.8. The van der Waals surface area contributed by atoms with E-state index in [1.54, 1.807) is 32.7 Å². The Balaban J connectivity index is 1.95. The lowest BCUT2D eigenvalue weighted by atomic mass is 10.2. The molecule has 0 saturated carbocycles. The molecule has 0 aliphatic carbocycles. The number of anilines is 1. The smallest absolute Gasteiger partial charge is 0.205 e. The van der Waals surface area contributed by atoms with Crippen molar-refractivity contribution in [3.63, 3.8) is 0 Å². The average Bonchev–Trinajstić information content (AvgIpc) is 3.12. The molecule has 0 spiro atoms. The lowest BCUT2D eigenvalue weighted by molar-refractivity contribution is 0.327. The first-order chi connectivity index (χ1) is 12.7. The van der Waals surface area contributed by atoms with E-state index in [2.05, 4.69) is 32.6 Å². The zero-order valence-corrected chi connectivity index (χ0v) is 16.1. The summed E-state index contributed by atoms with van der Waals surface area (Å²) in [5.41, 5.74) is 1.66. The molecule has 2 heterocycles. The molecule has 0 amide bonds. The molecule has 1 aromatic carbocycles. The van der Waals surface area contributed by atoms with E-state index in [1.165, 1.54) is 6.33 Å². The van der Waals surface area contributed by atoms with Crippen molar-refractivity contribution in [2.75, 3.05) is 26.6 Å². The highest BCUT2D eigenvalue weighted by molar-refractivity contribution is 7.09. The summed E-state index contributed by atoms with van der Waals surface area (Å²) in [5, 5.41) is 7.37. The van der Waals surface area contributed by atoms with Gasteiger partial charge in [0.15, 0.2) is 11.5 Å². The molecular weight excluding hydrogens is 352 g/mol. The van der Waals surface area contributed by atoms with E-state index in [0.29, 0.717) is 35.1 Å². The molecule has 3 rings (SSSR count). The fourth-order valence-electron chi connectivity index (χ4n) is 2.74. The minimum absolute atomic E-state index is 0.510. The van der Waals surface area contributed by atoms with E-state index < -0.39 is 0 Å². The fraction of sp³-hybridized carbons (Fsp3) is 0.389. The van der Waals surface area contributed by atoms with Crippen molar-refractivity contribution in [2.45, 2.75) is 26.3 Å². The topological polar surface area (TPSA) is 78.4 Å². The van der Waals surface area contributed by atoms with E-state index in [-0.39, 0.29) is 0 Å². The van der Waals surface area contributed by atoms with Crippen molar-refractivity contribution in [1.82, 2.24) is 15.0 Å². The van der Waals surface area contributed by atoms with Crippen LogP contribution in [0.25, 0.3) is 10.9 Å². The number of methoxy groups -OCH3 is 3. The molecule has 8 heteroatoms. The summed E-state index contributed by atoms with van der Waals surface area (Å²) in [5.74, 6) is 2.29. The largest absolute Gasteiger partial charge is 0.493 e. The number of ether oxygens (including phenoxy) is 3. The maximum atomic E-state index is 5.51. The van der Waals surface area contributed by atoms with Crippen LogP contribution in [0.5, 0.6) is 17.2 Å². The Labute approximate surface area is 156 Å². The number of nitrogens with zero attached hydrogens (tertiary/aromatic N) is 3. The molecule has 3 aromatic rings. The summed E-state index contributed by atoms with van der Waals surface area (Å²) in [4.78, 5) is 13.4. The standard InChI is InChI=1S/C18H22N4O3S/c1-5-6-14-22-11(9-26-14)8-19-18-12-7-13(23-2)16(24-3)17(25-4)15(12)20-10-21-18/h7,9-10H,5-6,8H2,1-4H3,(H,19,20,21). The van der Waals surface area contributed by atoms with Crippen LogP contribution >= 0.6 is 11.3 Å². The number of hydrogen-bond acceptors (Lipinski definition) is 8. The van der Waals surface area contributed by atoms with E-state index in [4.69, 9.17) is 14.2 Å². The Hall–Kier alpha value is -2.61. The van der Waals surface area contributed by atoms with Crippen LogP contribution in [-0.2, 0) is 13.0 Å². The molecule has 2 aromatic heterocycles. The SMILES string of the molecule is CCCc1nc(CNc2ncnc3c(OC)c(OC)c(OC)cc23)cs1. The number of benzene rings is 1. The maximum absolute atomic E-state index is 5.51. The highest BCUT2D eigenvalue weighted by atomic mass is 32.1. The maximum Gasteiger partial charge on any atom is 0.205 e. The van der Waals surface area contributed by atoms with Gasteiger partial charge in [-0.3, -0.25) is 0 Å². The highest BCUT2D eigenvalue weighted by Gasteiger charge is 2.19. The molecule has 26 heavy (non-hydrogen) atoms. The summed E-state index contributed by atoms with van der Waals surface area (Å²) >= 11 is 1.69. The minimum Gasteiger partial charge on any atom is -0.493 e. The molecule has 0 aliphatic heterocycles. The Morgan fingerprint density at radius 1 is 1.08 bits per heavy atom. The Morgan fingerprint density at radius 3 is 2.58 bits per heavy atom. The summed E-state index contributed by atoms with van der Waals surface area (Å²) < 4.78 is 16.4. The molecule has 0 bridgehead atoms. The van der Waals surface area contributed by atoms with Crippen LogP contribution in [0.15, 0.2) is 17.8 Å². The van der Waals surface area contributed by atoms with Gasteiger partial charge in [-0.25, -0.2) is 15.0 Å². The van der Waals surface area contributed by atoms with Crippen molar-refractivity contribution in [3.05, 3.63) is 28.5 Å². The minimum atomic E-state index is 0.510. The van der Waals surface area contributed by atoms with Crippen LogP contribution in [0.1, 0.15) is 24.0 Å². The molecule has 0 fully saturated rings. The lowest BCUT2D eigenvalue weighted by Crippen LogP contribution is -2.04. The molecule has 138 valence electrons. The zero-order chi connectivity index (χ0) is 18.5. The molecule has 7 nitrogen and oxygen atoms in total. The first-order valence-electron chi connectivity index (χ1n) is 8.32. The van der Waals surface area contributed by atoms with Crippen molar-refractivity contribution in [3.8, 4) is 17.2 Å². The van der Waals surface area contributed by atoms with Gasteiger partial charge in [-0.1, -0.05) is 6.92 Å². The van der Waals surface area contributed by atoms with Gasteiger partial charge in [0.05, 0.1) is 44.0 Å². The van der Waals surface area contributed by atoms with Gasteiger partial charge >= 0.3 is 0 Å². The number of aryl methyl sites for hydroxylation is 1. The third-order valence-corrected chi connectivity index (χ3v) is 4.89. The number of aromatic nitrogens is 3. The number of hydrogen-bond donors (Lipinski definition) is 1. The zero-order valence-electron chi connectivity index (χ0n) is 15.3. The van der Waals surface area contributed by atoms with E-state index >= 15 is 0 Å². The number of nitrogens with one attached hydrogen (secondary N) is 1. The van der Waals surface area contributed by atoms with Gasteiger partial charge in [-0.15, -0.1) is 11.3 Å². The van der Waals surface area contributed by atoms with Crippen molar-refractivity contribution in [1.29, 1.82) is 0 Å². The van der Waals surface area contributed by atoms with Crippen LogP contribution in [0.4, 0.5) is 5.82 Å². The third-order valence-electron chi connectivity index (χ3n) is 3.93. The predicted octanol–water partition coefficient (Wildman–Crippen LogP) is 3.68. The first-order valence-corrected chi connectivity index (χ1v) is 9.20. The predicted molar refractivity (Wildman–Crippen MR) is 103 cm³/mol. The molecule has 0 saturated heterocycles. The number of rotatable bonds is 8. The monoisotopic (exact) mass is 374 g/mol. The molecule has 1 N–H and O–H groups in total. The van der Waals surface area contributed by atoms with Crippen molar-refractivity contribution >= 4 is 28.1 Å². The Morgan fingerprint density at radius 2 is 1.88 bits per heavy atom. The van der Waals surface area contributed by atoms with Crippen LogP contribution in [0.3, 0.4) is 0 Å². The van der Waals surface area contributed by atoms with E-state index in [0.717, 1.165) is 28.9 Å². The lowest BCUT2D eigenvalue weighted by Gasteiger charge is -2.15. The van der Waals surface area contributed by atoms with Crippen LogP contribution in [0, 0.1) is 0 Å². The highest BCUT2D eigenvalue weighted by Crippen LogP contribution is 2.43. The van der Waals surface area contributed by atoms with Gasteiger partial charge in [-0.05, 0) is 18.9 Å². The average molecular weight is 374 g/mol. The van der Waals surface area contributed by atoms with E-state index in [1.807, 2.05) is 6.07 Å². The molecule has 0 radical (unpaired) electrons. The van der Waals surface area contributed by atoms with Gasteiger partial charge in [-0.2, -0.15) is 0 Å². The van der Waals surface area contributed by atoms with Gasteiger partial charge < -0.3 is 19.5 Å². The van der Waals surface area contributed by atoms with Crippen LogP contribution in [-0.4, -0.2) is 36.3 Å². The molecular formula is C18H22N4O3S. The Bertz CT molecular complexity index is 898. The van der Waals surface area contributed by atoms with Crippen LogP contribution in [0.2, 0.25) is 0 Å². The van der Waals surface area contributed by atoms with Gasteiger partial charge in [0.1, 0.15) is 17.7 Å². The first kappa shape index (κ1) is 18.2. The summed E-state index contributed by atoms with van der Waals surface area (Å²) in [6, 6.07) is 1.85. The fourth-order valence-corrected chi connectivity index (χ4v) is 3.64. The number of thiazole rings is 1. The third kappa shape index (κ3) is 3.50. The van der Waals surface area contributed by atoms with Crippen molar-refractivity contribution in [2.24, 2.45) is 0 Å². The summed E-state index contributed by atoms with van der Waals surface area (Å²) in [7, 11) is 4.74. The molecule has 0 atom stereocenters. The second-order valence-corrected chi connectivity index (χ2v) is 6.54. The second-order valence-electron chi connectivity index (χ2n) is 5.60. The summed E-state index contributed by atoms with van der Waals surface area (Å²) in [6.07, 6.45) is 3.61. The second kappa shape index (κ2) is 8.18. The number of fused-ring (bicyclic) bond motifs is 1. The van der Waals surface area contributed by atoms with E-state index in [9.17, 15) is 0 Å². The van der Waals surface area contributed by atoms with Gasteiger partial charge in [0.25, 0.3) is 0 Å². The Kier molecular flexibility index (Phi) is 5.72. The van der Waals surface area contributed by atoms with Gasteiger partial charge in [0.2, 0.25) is 5.75 Å². The van der Waals surface area contributed by atoms with Crippen LogP contribution < -0.4 is 19.5 Å². The quantitative estimate of drug-likeness (QED) is 0.644. The molecule has 0 unspecified atom stereocenters. The van der Waals surface area contributed by atoms with Gasteiger partial charge in [0, 0.05) is 5.38 Å².